The van der Waals surface area contributed by atoms with Gasteiger partial charge in [-0.2, -0.15) is 0 Å². The van der Waals surface area contributed by atoms with Gasteiger partial charge in [0.15, 0.2) is 0 Å². The summed E-state index contributed by atoms with van der Waals surface area (Å²) in [6.45, 7) is 1.58. The number of esters is 1. The molecule has 1 fully saturated rings. The van der Waals surface area contributed by atoms with Gasteiger partial charge in [0.05, 0.1) is 0 Å². The molecule has 142 valence electrons. The smallest absolute Gasteiger partial charge is 0.408 e. The van der Waals surface area contributed by atoms with Crippen LogP contribution in [0.4, 0.5) is 4.79 Å². The summed E-state index contributed by atoms with van der Waals surface area (Å²) in [7, 11) is 0. The molecule has 1 heterocycles. The molecule has 1 aliphatic rings. The molecule has 1 saturated heterocycles. The van der Waals surface area contributed by atoms with Crippen molar-refractivity contribution in [2.75, 3.05) is 13.1 Å². The Morgan fingerprint density at radius 1 is 0.852 bits per heavy atom. The lowest BCUT2D eigenvalue weighted by Gasteiger charge is -2.35. The van der Waals surface area contributed by atoms with Gasteiger partial charge in [0.2, 0.25) is 0 Å². The van der Waals surface area contributed by atoms with E-state index in [4.69, 9.17) is 9.47 Å². The molecule has 0 aliphatic carbocycles. The fourth-order valence-corrected chi connectivity index (χ4v) is 3.05. The zero-order valence-corrected chi connectivity index (χ0v) is 15.1. The minimum Gasteiger partial charge on any atom is -0.459 e. The van der Waals surface area contributed by atoms with E-state index in [1.165, 1.54) is 0 Å². The van der Waals surface area contributed by atoms with Crippen molar-refractivity contribution in [2.24, 2.45) is 0 Å². The first kappa shape index (κ1) is 18.9. The molecular formula is C21H24N2O4. The van der Waals surface area contributed by atoms with Gasteiger partial charge in [0, 0.05) is 0 Å². The van der Waals surface area contributed by atoms with Crippen molar-refractivity contribution in [2.45, 2.75) is 31.6 Å². The predicted octanol–water partition coefficient (Wildman–Crippen LogP) is 2.78. The summed E-state index contributed by atoms with van der Waals surface area (Å²) in [5.41, 5.74) is 0.730. The Bertz CT molecular complexity index is 743. The zero-order valence-electron chi connectivity index (χ0n) is 15.1. The van der Waals surface area contributed by atoms with Crippen molar-refractivity contribution in [1.29, 1.82) is 0 Å². The molecule has 27 heavy (non-hydrogen) atoms. The van der Waals surface area contributed by atoms with Crippen molar-refractivity contribution in [3.8, 4) is 0 Å². The molecule has 0 radical (unpaired) electrons. The Balaban J connectivity index is 1.59. The second-order valence-electron chi connectivity index (χ2n) is 6.58. The largest absolute Gasteiger partial charge is 0.459 e. The van der Waals surface area contributed by atoms with Crippen LogP contribution in [0.25, 0.3) is 0 Å². The van der Waals surface area contributed by atoms with E-state index in [1.807, 2.05) is 60.7 Å². The number of alkyl carbamates (subject to hydrolysis) is 1. The number of piperidine rings is 1. The quantitative estimate of drug-likeness (QED) is 0.767. The fraction of sp³-hybridized carbons (Fsp3) is 0.333. The van der Waals surface area contributed by atoms with E-state index < -0.39 is 17.6 Å². The maximum absolute atomic E-state index is 12.8. The lowest BCUT2D eigenvalue weighted by atomic mass is 9.88. The molecule has 1 aliphatic heterocycles. The first-order valence-corrected chi connectivity index (χ1v) is 9.09. The summed E-state index contributed by atoms with van der Waals surface area (Å²) in [5, 5.41) is 5.96. The number of hydrogen-bond acceptors (Lipinski definition) is 5. The third kappa shape index (κ3) is 5.31. The van der Waals surface area contributed by atoms with E-state index in [1.54, 1.807) is 0 Å². The van der Waals surface area contributed by atoms with Crippen LogP contribution < -0.4 is 10.6 Å². The van der Waals surface area contributed by atoms with Gasteiger partial charge < -0.3 is 20.1 Å². The summed E-state index contributed by atoms with van der Waals surface area (Å²) < 4.78 is 10.8. The van der Waals surface area contributed by atoms with Gasteiger partial charge in [-0.15, -0.1) is 0 Å². The summed E-state index contributed by atoms with van der Waals surface area (Å²) >= 11 is 0. The second-order valence-corrected chi connectivity index (χ2v) is 6.58. The van der Waals surface area contributed by atoms with Crippen molar-refractivity contribution in [1.82, 2.24) is 10.6 Å². The Morgan fingerprint density at radius 3 is 1.93 bits per heavy atom. The van der Waals surface area contributed by atoms with Crippen LogP contribution in [0, 0.1) is 0 Å². The highest BCUT2D eigenvalue weighted by molar-refractivity contribution is 5.86. The number of carbonyl (C=O) groups excluding carboxylic acids is 2. The number of nitrogens with one attached hydrogen (secondary N) is 2. The van der Waals surface area contributed by atoms with Gasteiger partial charge in [-0.3, -0.25) is 0 Å². The average molecular weight is 368 g/mol. The van der Waals surface area contributed by atoms with Crippen molar-refractivity contribution in [3.05, 3.63) is 71.8 Å². The summed E-state index contributed by atoms with van der Waals surface area (Å²) in [4.78, 5) is 25.1. The molecule has 1 amide bonds. The van der Waals surface area contributed by atoms with E-state index in [-0.39, 0.29) is 13.2 Å². The molecule has 0 unspecified atom stereocenters. The number of carbonyl (C=O) groups is 2. The van der Waals surface area contributed by atoms with Crippen LogP contribution in [0.15, 0.2) is 60.7 Å². The first-order chi connectivity index (χ1) is 13.2. The van der Waals surface area contributed by atoms with Gasteiger partial charge >= 0.3 is 12.1 Å². The van der Waals surface area contributed by atoms with Crippen LogP contribution in [0.2, 0.25) is 0 Å². The van der Waals surface area contributed by atoms with Gasteiger partial charge in [0.25, 0.3) is 0 Å². The highest BCUT2D eigenvalue weighted by Crippen LogP contribution is 2.21. The molecule has 0 aromatic heterocycles. The first-order valence-electron chi connectivity index (χ1n) is 9.09. The van der Waals surface area contributed by atoms with Gasteiger partial charge in [0.1, 0.15) is 18.8 Å². The Kier molecular flexibility index (Phi) is 6.44. The van der Waals surface area contributed by atoms with Crippen LogP contribution in [0.3, 0.4) is 0 Å². The van der Waals surface area contributed by atoms with E-state index in [0.717, 1.165) is 11.1 Å². The molecule has 0 saturated carbocycles. The monoisotopic (exact) mass is 368 g/mol. The lowest BCUT2D eigenvalue weighted by Crippen LogP contribution is -2.60. The minimum absolute atomic E-state index is 0.153. The predicted molar refractivity (Wildman–Crippen MR) is 101 cm³/mol. The third-order valence-corrected chi connectivity index (χ3v) is 4.61. The SMILES string of the molecule is O=C(NC1(C(=O)OCc2ccccc2)CCNCC1)OCc1ccccc1. The summed E-state index contributed by atoms with van der Waals surface area (Å²) in [6, 6.07) is 18.9. The molecule has 2 N–H and O–H groups in total. The van der Waals surface area contributed by atoms with Crippen molar-refractivity contribution >= 4 is 12.1 Å². The van der Waals surface area contributed by atoms with E-state index in [0.29, 0.717) is 25.9 Å². The molecule has 6 heteroatoms. The number of benzene rings is 2. The van der Waals surface area contributed by atoms with Gasteiger partial charge in [-0.05, 0) is 37.1 Å². The number of ether oxygens (including phenoxy) is 2. The minimum atomic E-state index is -1.06. The van der Waals surface area contributed by atoms with Gasteiger partial charge in [-0.1, -0.05) is 60.7 Å². The highest BCUT2D eigenvalue weighted by atomic mass is 16.6. The molecule has 0 atom stereocenters. The lowest BCUT2D eigenvalue weighted by molar-refractivity contribution is -0.154. The van der Waals surface area contributed by atoms with Crippen LogP contribution in [-0.2, 0) is 27.5 Å². The molecule has 0 spiro atoms. The van der Waals surface area contributed by atoms with E-state index in [2.05, 4.69) is 10.6 Å². The van der Waals surface area contributed by atoms with E-state index in [9.17, 15) is 9.59 Å². The second kappa shape index (κ2) is 9.19. The van der Waals surface area contributed by atoms with Crippen LogP contribution >= 0.6 is 0 Å². The third-order valence-electron chi connectivity index (χ3n) is 4.61. The average Bonchev–Trinajstić information content (AvgIpc) is 2.72. The Labute approximate surface area is 158 Å². The highest BCUT2D eigenvalue weighted by Gasteiger charge is 2.43. The van der Waals surface area contributed by atoms with Gasteiger partial charge in [-0.25, -0.2) is 9.59 Å². The zero-order chi connectivity index (χ0) is 19.0. The van der Waals surface area contributed by atoms with Crippen LogP contribution in [-0.4, -0.2) is 30.7 Å². The maximum atomic E-state index is 12.8. The van der Waals surface area contributed by atoms with E-state index >= 15 is 0 Å². The van der Waals surface area contributed by atoms with Crippen molar-refractivity contribution < 1.29 is 19.1 Å². The normalized spacial score (nSPS) is 15.6. The number of amides is 1. The Morgan fingerprint density at radius 2 is 1.37 bits per heavy atom. The summed E-state index contributed by atoms with van der Waals surface area (Å²) in [6.07, 6.45) is 0.305. The molecule has 6 nitrogen and oxygen atoms in total. The fourth-order valence-electron chi connectivity index (χ4n) is 3.05. The summed E-state index contributed by atoms with van der Waals surface area (Å²) in [5.74, 6) is -0.426. The molecular weight excluding hydrogens is 344 g/mol. The number of hydrogen-bond donors (Lipinski definition) is 2. The maximum Gasteiger partial charge on any atom is 0.408 e. The van der Waals surface area contributed by atoms with Crippen molar-refractivity contribution in [3.63, 3.8) is 0 Å². The molecule has 0 bridgehead atoms. The van der Waals surface area contributed by atoms with Crippen LogP contribution in [0.5, 0.6) is 0 Å². The topological polar surface area (TPSA) is 76.7 Å². The molecule has 2 aromatic carbocycles. The number of rotatable bonds is 6. The molecule has 2 aromatic rings. The Hall–Kier alpha value is -2.86. The standard InChI is InChI=1S/C21H24N2O4/c24-19(26-15-17-7-3-1-4-8-17)21(11-13-22-14-12-21)23-20(25)27-16-18-9-5-2-6-10-18/h1-10,22H,11-16H2,(H,23,25). The van der Waals surface area contributed by atoms with Crippen LogP contribution in [0.1, 0.15) is 24.0 Å². The molecule has 3 rings (SSSR count).